The normalized spacial score (nSPS) is 13.9. The number of methoxy groups -OCH3 is 1. The summed E-state index contributed by atoms with van der Waals surface area (Å²) in [5.41, 5.74) is 2.35. The minimum atomic E-state index is -1.02. The number of rotatable bonds is 3. The zero-order chi connectivity index (χ0) is 10.6. The molecule has 1 atom stereocenters. The second kappa shape index (κ2) is 4.14. The zero-order valence-corrected chi connectivity index (χ0v) is 8.45. The summed E-state index contributed by atoms with van der Waals surface area (Å²) in [5, 5.41) is 9.95. The van der Waals surface area contributed by atoms with E-state index < -0.39 is 5.60 Å². The van der Waals surface area contributed by atoms with Crippen molar-refractivity contribution >= 4 is 0 Å². The van der Waals surface area contributed by atoms with Crippen LogP contribution in [-0.2, 0) is 5.60 Å². The smallest absolute Gasteiger partial charge is 0.118 e. The molecule has 14 heavy (non-hydrogen) atoms. The Balaban J connectivity index is 3.02. The van der Waals surface area contributed by atoms with Crippen LogP contribution < -0.4 is 4.74 Å². The van der Waals surface area contributed by atoms with E-state index in [1.807, 2.05) is 12.1 Å². The molecule has 0 radical (unpaired) electrons. The van der Waals surface area contributed by atoms with Gasteiger partial charge >= 0.3 is 0 Å². The molecule has 0 aliphatic rings. The molecule has 1 rings (SSSR count). The molecule has 1 aromatic rings. The summed E-state index contributed by atoms with van der Waals surface area (Å²) < 4.78 is 5.02. The van der Waals surface area contributed by atoms with E-state index in [1.165, 1.54) is 6.08 Å². The molecular formula is C12H14O2. The van der Waals surface area contributed by atoms with Crippen LogP contribution in [0.5, 0.6) is 5.75 Å². The highest BCUT2D eigenvalue weighted by Crippen LogP contribution is 2.23. The van der Waals surface area contributed by atoms with Crippen molar-refractivity contribution in [1.82, 2.24) is 0 Å². The molecule has 0 aromatic heterocycles. The van der Waals surface area contributed by atoms with Gasteiger partial charge in [0.05, 0.1) is 7.11 Å². The van der Waals surface area contributed by atoms with Crippen LogP contribution in [0.3, 0.4) is 0 Å². The van der Waals surface area contributed by atoms with Crippen LogP contribution in [-0.4, -0.2) is 12.2 Å². The number of ether oxygens (including phenoxy) is 1. The van der Waals surface area contributed by atoms with Crippen LogP contribution in [0.4, 0.5) is 0 Å². The Morgan fingerprint density at radius 3 is 2.43 bits per heavy atom. The maximum atomic E-state index is 9.95. The van der Waals surface area contributed by atoms with Crippen molar-refractivity contribution in [3.8, 4) is 5.75 Å². The minimum Gasteiger partial charge on any atom is -0.497 e. The number of hydrogen-bond acceptors (Lipinski definition) is 2. The van der Waals surface area contributed by atoms with E-state index in [2.05, 4.69) is 12.3 Å². The standard InChI is InChI=1S/C12H14O2/c1-4-9-12(2,13)10-5-7-11(14-3)8-6-10/h5-9,13H,1H2,2-3H3/t12-/m0/s1. The molecule has 2 nitrogen and oxygen atoms in total. The average molecular weight is 190 g/mol. The van der Waals surface area contributed by atoms with Crippen molar-refractivity contribution in [3.05, 3.63) is 48.2 Å². The molecular weight excluding hydrogens is 176 g/mol. The van der Waals surface area contributed by atoms with Gasteiger partial charge in [0.1, 0.15) is 11.4 Å². The van der Waals surface area contributed by atoms with E-state index in [1.54, 1.807) is 26.2 Å². The van der Waals surface area contributed by atoms with Crippen molar-refractivity contribution in [1.29, 1.82) is 0 Å². The largest absolute Gasteiger partial charge is 0.497 e. The topological polar surface area (TPSA) is 29.5 Å². The SMILES string of the molecule is C=C=C[C@](C)(O)c1ccc(OC)cc1. The Morgan fingerprint density at radius 2 is 2.00 bits per heavy atom. The van der Waals surface area contributed by atoms with Crippen molar-refractivity contribution in [2.75, 3.05) is 7.11 Å². The summed E-state index contributed by atoms with van der Waals surface area (Å²) in [5.74, 6) is 0.770. The molecule has 0 saturated heterocycles. The van der Waals surface area contributed by atoms with Crippen molar-refractivity contribution < 1.29 is 9.84 Å². The van der Waals surface area contributed by atoms with Crippen LogP contribution in [0.25, 0.3) is 0 Å². The quantitative estimate of drug-likeness (QED) is 0.741. The first-order chi connectivity index (χ1) is 6.60. The van der Waals surface area contributed by atoms with Gasteiger partial charge in [-0.2, -0.15) is 0 Å². The number of hydrogen-bond donors (Lipinski definition) is 1. The molecule has 0 spiro atoms. The first-order valence-corrected chi connectivity index (χ1v) is 4.34. The van der Waals surface area contributed by atoms with Gasteiger partial charge < -0.3 is 9.84 Å². The highest BCUT2D eigenvalue weighted by atomic mass is 16.5. The van der Waals surface area contributed by atoms with Gasteiger partial charge in [0, 0.05) is 0 Å². The third-order valence-electron chi connectivity index (χ3n) is 2.06. The molecule has 1 aromatic carbocycles. The lowest BCUT2D eigenvalue weighted by Gasteiger charge is -2.18. The van der Waals surface area contributed by atoms with E-state index in [-0.39, 0.29) is 0 Å². The summed E-state index contributed by atoms with van der Waals surface area (Å²) in [6, 6.07) is 7.24. The average Bonchev–Trinajstić information content (AvgIpc) is 2.18. The maximum absolute atomic E-state index is 9.95. The molecule has 2 heteroatoms. The summed E-state index contributed by atoms with van der Waals surface area (Å²) in [7, 11) is 1.61. The Morgan fingerprint density at radius 1 is 1.43 bits per heavy atom. The van der Waals surface area contributed by atoms with Gasteiger partial charge in [-0.3, -0.25) is 0 Å². The van der Waals surface area contributed by atoms with E-state index in [0.29, 0.717) is 0 Å². The second-order valence-electron chi connectivity index (χ2n) is 3.22. The summed E-state index contributed by atoms with van der Waals surface area (Å²) in [6.45, 7) is 5.13. The lowest BCUT2D eigenvalue weighted by molar-refractivity contribution is 0.111. The van der Waals surface area contributed by atoms with Crippen LogP contribution in [0.1, 0.15) is 12.5 Å². The lowest BCUT2D eigenvalue weighted by Crippen LogP contribution is -2.16. The fourth-order valence-corrected chi connectivity index (χ4v) is 1.21. The molecule has 0 amide bonds. The summed E-state index contributed by atoms with van der Waals surface area (Å²) >= 11 is 0. The molecule has 0 aliphatic heterocycles. The van der Waals surface area contributed by atoms with Crippen molar-refractivity contribution in [2.45, 2.75) is 12.5 Å². The third kappa shape index (κ3) is 2.25. The molecule has 0 aliphatic carbocycles. The fourth-order valence-electron chi connectivity index (χ4n) is 1.21. The van der Waals surface area contributed by atoms with Gasteiger partial charge in [0.2, 0.25) is 0 Å². The van der Waals surface area contributed by atoms with E-state index >= 15 is 0 Å². The number of aliphatic hydroxyl groups is 1. The molecule has 0 heterocycles. The zero-order valence-electron chi connectivity index (χ0n) is 8.45. The van der Waals surface area contributed by atoms with Gasteiger partial charge in [0.25, 0.3) is 0 Å². The Labute approximate surface area is 84.1 Å². The second-order valence-corrected chi connectivity index (χ2v) is 3.22. The third-order valence-corrected chi connectivity index (χ3v) is 2.06. The highest BCUT2D eigenvalue weighted by Gasteiger charge is 2.18. The molecule has 0 saturated carbocycles. The Hall–Kier alpha value is -1.50. The highest BCUT2D eigenvalue weighted by molar-refractivity contribution is 5.32. The van der Waals surface area contributed by atoms with E-state index in [9.17, 15) is 5.11 Å². The molecule has 0 fully saturated rings. The first-order valence-electron chi connectivity index (χ1n) is 4.34. The maximum Gasteiger partial charge on any atom is 0.118 e. The van der Waals surface area contributed by atoms with Gasteiger partial charge in [-0.1, -0.05) is 18.7 Å². The van der Waals surface area contributed by atoms with Crippen LogP contribution in [0, 0.1) is 0 Å². The fraction of sp³-hybridized carbons (Fsp3) is 0.250. The molecule has 1 N–H and O–H groups in total. The van der Waals surface area contributed by atoms with E-state index in [4.69, 9.17) is 4.74 Å². The van der Waals surface area contributed by atoms with Crippen molar-refractivity contribution in [3.63, 3.8) is 0 Å². The summed E-state index contributed by atoms with van der Waals surface area (Å²) in [4.78, 5) is 0. The molecule has 0 bridgehead atoms. The van der Waals surface area contributed by atoms with Gasteiger partial charge in [0.15, 0.2) is 0 Å². The minimum absolute atomic E-state index is 0.770. The van der Waals surface area contributed by atoms with E-state index in [0.717, 1.165) is 11.3 Å². The summed E-state index contributed by atoms with van der Waals surface area (Å²) in [6.07, 6.45) is 1.52. The predicted molar refractivity (Wildman–Crippen MR) is 56.3 cm³/mol. The van der Waals surface area contributed by atoms with Gasteiger partial charge in [-0.15, -0.1) is 5.73 Å². The Kier molecular flexibility index (Phi) is 3.13. The monoisotopic (exact) mass is 190 g/mol. The van der Waals surface area contributed by atoms with Crippen molar-refractivity contribution in [2.24, 2.45) is 0 Å². The van der Waals surface area contributed by atoms with Crippen LogP contribution >= 0.6 is 0 Å². The lowest BCUT2D eigenvalue weighted by atomic mass is 9.96. The first kappa shape index (κ1) is 10.6. The van der Waals surface area contributed by atoms with Crippen LogP contribution in [0.15, 0.2) is 42.7 Å². The Bertz CT molecular complexity index is 343. The molecule has 0 unspecified atom stereocenters. The number of benzene rings is 1. The predicted octanol–water partition coefficient (Wildman–Crippen LogP) is 2.24. The molecule has 74 valence electrons. The van der Waals surface area contributed by atoms with Gasteiger partial charge in [-0.05, 0) is 30.7 Å². The van der Waals surface area contributed by atoms with Crippen LogP contribution in [0.2, 0.25) is 0 Å². The van der Waals surface area contributed by atoms with Gasteiger partial charge in [-0.25, -0.2) is 0 Å².